The van der Waals surface area contributed by atoms with Gasteiger partial charge >= 0.3 is 12.1 Å². The predicted octanol–water partition coefficient (Wildman–Crippen LogP) is 4.02. The molecule has 3 aliphatic rings. The predicted molar refractivity (Wildman–Crippen MR) is 132 cm³/mol. The average Bonchev–Trinajstić information content (AvgIpc) is 3.55. The number of aromatic carboxylic acids is 1. The number of carbonyl (C=O) groups excluding carboxylic acids is 1. The molecule has 2 aliphatic heterocycles. The molecule has 3 fully saturated rings. The Labute approximate surface area is 208 Å². The highest BCUT2D eigenvalue weighted by atomic mass is 19.1. The number of hydrogen-bond acceptors (Lipinski definition) is 6. The van der Waals surface area contributed by atoms with E-state index >= 15 is 4.39 Å². The highest BCUT2D eigenvalue weighted by Crippen LogP contribution is 2.45. The summed E-state index contributed by atoms with van der Waals surface area (Å²) in [5.74, 6) is -1.63. The van der Waals surface area contributed by atoms with E-state index in [0.717, 1.165) is 31.7 Å². The van der Waals surface area contributed by atoms with E-state index in [0.29, 0.717) is 25.2 Å². The number of halogens is 1. The lowest BCUT2D eigenvalue weighted by molar-refractivity contribution is 0.00668. The Hall–Kier alpha value is -3.30. The van der Waals surface area contributed by atoms with Crippen molar-refractivity contribution in [2.45, 2.75) is 64.1 Å². The maximum Gasteiger partial charge on any atom is 0.410 e. The number of carboxylic acids is 1. The molecular formula is C26H32FN3O6. The van der Waals surface area contributed by atoms with Gasteiger partial charge in [-0.25, -0.2) is 14.0 Å². The first kappa shape index (κ1) is 24.4. The summed E-state index contributed by atoms with van der Waals surface area (Å²) in [5, 5.41) is 9.54. The molecule has 1 unspecified atom stereocenters. The van der Waals surface area contributed by atoms with Gasteiger partial charge in [0.05, 0.1) is 24.1 Å². The number of aromatic nitrogens is 1. The maximum atomic E-state index is 15.7. The van der Waals surface area contributed by atoms with Crippen molar-refractivity contribution in [1.29, 1.82) is 0 Å². The molecule has 1 amide bonds. The lowest BCUT2D eigenvalue weighted by Gasteiger charge is -2.37. The molecule has 1 aromatic carbocycles. The largest absolute Gasteiger partial charge is 0.492 e. The second kappa shape index (κ2) is 8.67. The van der Waals surface area contributed by atoms with Crippen molar-refractivity contribution in [1.82, 2.24) is 9.47 Å². The SMILES string of the molecule is COc1c(N2CC3CCCN(C(=O)OC(C)(C)C)[C@@H]3C2)c(F)cc2c(=O)c(C(=O)O)cn(C3CC3)c12. The molecule has 0 radical (unpaired) electrons. The van der Waals surface area contributed by atoms with Crippen LogP contribution in [0.2, 0.25) is 0 Å². The zero-order valence-corrected chi connectivity index (χ0v) is 21.0. The van der Waals surface area contributed by atoms with Crippen LogP contribution in [0, 0.1) is 11.7 Å². The van der Waals surface area contributed by atoms with Crippen LogP contribution in [0.1, 0.15) is 62.9 Å². The van der Waals surface area contributed by atoms with Crippen molar-refractivity contribution in [2.75, 3.05) is 31.6 Å². The molecular weight excluding hydrogens is 469 g/mol. The number of pyridine rings is 1. The third kappa shape index (κ3) is 4.16. The number of carbonyl (C=O) groups is 2. The van der Waals surface area contributed by atoms with Crippen LogP contribution in [0.3, 0.4) is 0 Å². The zero-order valence-electron chi connectivity index (χ0n) is 21.0. The standard InChI is InChI=1S/C26H32FN3O6/c1-26(2,3)36-25(34)29-9-5-6-14-11-28(13-19(14)29)21-18(27)10-16-20(23(21)35-4)30(15-7-8-15)12-17(22(16)31)24(32)33/h10,12,14-15,19H,5-9,11,13H2,1-4H3,(H,32,33)/t14?,19-/m1/s1. The lowest BCUT2D eigenvalue weighted by atomic mass is 9.92. The average molecular weight is 502 g/mol. The molecule has 2 aromatic rings. The van der Waals surface area contributed by atoms with Crippen molar-refractivity contribution in [3.8, 4) is 5.75 Å². The number of rotatable bonds is 4. The molecule has 194 valence electrons. The summed E-state index contributed by atoms with van der Waals surface area (Å²) >= 11 is 0. The normalized spacial score (nSPS) is 22.0. The molecule has 9 nitrogen and oxygen atoms in total. The Morgan fingerprint density at radius 3 is 2.50 bits per heavy atom. The van der Waals surface area contributed by atoms with E-state index in [9.17, 15) is 19.5 Å². The Morgan fingerprint density at radius 1 is 1.17 bits per heavy atom. The van der Waals surface area contributed by atoms with Crippen LogP contribution in [-0.4, -0.2) is 65.0 Å². The van der Waals surface area contributed by atoms with Gasteiger partial charge in [-0.2, -0.15) is 0 Å². The molecule has 1 N–H and O–H groups in total. The number of methoxy groups -OCH3 is 1. The minimum absolute atomic E-state index is 0.00750. The number of likely N-dealkylation sites (tertiary alicyclic amines) is 1. The minimum Gasteiger partial charge on any atom is -0.492 e. The lowest BCUT2D eigenvalue weighted by Crippen LogP contribution is -2.50. The molecule has 0 spiro atoms. The molecule has 2 atom stereocenters. The van der Waals surface area contributed by atoms with Gasteiger partial charge in [0.2, 0.25) is 5.43 Å². The Kier molecular flexibility index (Phi) is 5.88. The van der Waals surface area contributed by atoms with Gasteiger partial charge in [0, 0.05) is 31.9 Å². The summed E-state index contributed by atoms with van der Waals surface area (Å²) in [6.07, 6.45) is 4.41. The van der Waals surface area contributed by atoms with E-state index in [2.05, 4.69) is 0 Å². The number of benzene rings is 1. The van der Waals surface area contributed by atoms with Gasteiger partial charge in [-0.3, -0.25) is 4.79 Å². The van der Waals surface area contributed by atoms with Gasteiger partial charge in [-0.05, 0) is 58.4 Å². The molecule has 1 aromatic heterocycles. The number of hydrogen-bond donors (Lipinski definition) is 1. The Morgan fingerprint density at radius 2 is 1.89 bits per heavy atom. The summed E-state index contributed by atoms with van der Waals surface area (Å²) in [4.78, 5) is 41.2. The molecule has 5 rings (SSSR count). The summed E-state index contributed by atoms with van der Waals surface area (Å²) in [7, 11) is 1.43. The number of ether oxygens (including phenoxy) is 2. The van der Waals surface area contributed by atoms with Crippen molar-refractivity contribution >= 4 is 28.7 Å². The van der Waals surface area contributed by atoms with Crippen LogP contribution in [-0.2, 0) is 4.74 Å². The fraction of sp³-hybridized carbons (Fsp3) is 0.577. The van der Waals surface area contributed by atoms with E-state index in [1.54, 1.807) is 9.47 Å². The van der Waals surface area contributed by atoms with Crippen LogP contribution < -0.4 is 15.1 Å². The first-order valence-electron chi connectivity index (χ1n) is 12.4. The minimum atomic E-state index is -1.34. The summed E-state index contributed by atoms with van der Waals surface area (Å²) in [6, 6.07) is 1.03. The monoisotopic (exact) mass is 501 g/mol. The Bertz CT molecular complexity index is 1300. The summed E-state index contributed by atoms with van der Waals surface area (Å²) < 4.78 is 28.8. The van der Waals surface area contributed by atoms with E-state index in [1.807, 2.05) is 25.7 Å². The first-order chi connectivity index (χ1) is 17.0. The van der Waals surface area contributed by atoms with Crippen LogP contribution in [0.25, 0.3) is 10.9 Å². The van der Waals surface area contributed by atoms with Gasteiger partial charge in [0.25, 0.3) is 0 Å². The molecule has 1 aliphatic carbocycles. The van der Waals surface area contributed by atoms with E-state index in [1.165, 1.54) is 13.3 Å². The van der Waals surface area contributed by atoms with Crippen LogP contribution >= 0.6 is 0 Å². The molecule has 2 saturated heterocycles. The van der Waals surface area contributed by atoms with Crippen molar-refractivity contribution in [3.05, 3.63) is 33.9 Å². The first-order valence-corrected chi connectivity index (χ1v) is 12.4. The highest BCUT2D eigenvalue weighted by Gasteiger charge is 2.44. The van der Waals surface area contributed by atoms with Gasteiger partial charge in [0.15, 0.2) is 11.6 Å². The highest BCUT2D eigenvalue weighted by molar-refractivity contribution is 5.97. The molecule has 3 heterocycles. The maximum absolute atomic E-state index is 15.7. The van der Waals surface area contributed by atoms with Crippen LogP contribution in [0.15, 0.2) is 17.1 Å². The zero-order chi connectivity index (χ0) is 25.9. The van der Waals surface area contributed by atoms with Gasteiger partial charge in [-0.15, -0.1) is 0 Å². The number of amides is 1. The number of piperidine rings is 1. The number of carboxylic acid groups (broad SMARTS) is 1. The van der Waals surface area contributed by atoms with Crippen LogP contribution in [0.5, 0.6) is 5.75 Å². The fourth-order valence-electron chi connectivity index (χ4n) is 5.63. The van der Waals surface area contributed by atoms with Gasteiger partial charge in [-0.1, -0.05) is 0 Å². The number of fused-ring (bicyclic) bond motifs is 2. The third-order valence-electron chi connectivity index (χ3n) is 7.30. The molecule has 10 heteroatoms. The summed E-state index contributed by atoms with van der Waals surface area (Å²) in [5.41, 5.74) is -1.09. The Balaban J connectivity index is 1.58. The topological polar surface area (TPSA) is 101 Å². The van der Waals surface area contributed by atoms with E-state index in [-0.39, 0.29) is 46.5 Å². The number of anilines is 1. The van der Waals surface area contributed by atoms with Gasteiger partial charge < -0.3 is 28.9 Å². The van der Waals surface area contributed by atoms with Crippen molar-refractivity contribution in [2.24, 2.45) is 5.92 Å². The summed E-state index contributed by atoms with van der Waals surface area (Å²) in [6.45, 7) is 7.01. The molecule has 1 saturated carbocycles. The smallest absolute Gasteiger partial charge is 0.410 e. The third-order valence-corrected chi connectivity index (χ3v) is 7.30. The van der Waals surface area contributed by atoms with E-state index < -0.39 is 22.8 Å². The quantitative estimate of drug-likeness (QED) is 0.675. The van der Waals surface area contributed by atoms with Crippen molar-refractivity contribution in [3.63, 3.8) is 0 Å². The van der Waals surface area contributed by atoms with E-state index in [4.69, 9.17) is 9.47 Å². The second-order valence-corrected chi connectivity index (χ2v) is 11.0. The molecule has 36 heavy (non-hydrogen) atoms. The second-order valence-electron chi connectivity index (χ2n) is 11.0. The van der Waals surface area contributed by atoms with Crippen LogP contribution in [0.4, 0.5) is 14.9 Å². The van der Waals surface area contributed by atoms with Crippen molar-refractivity contribution < 1.29 is 28.6 Å². The molecule has 0 bridgehead atoms. The fourth-order valence-corrected chi connectivity index (χ4v) is 5.63. The number of nitrogens with zero attached hydrogens (tertiary/aromatic N) is 3. The van der Waals surface area contributed by atoms with Gasteiger partial charge in [0.1, 0.15) is 16.9 Å².